The first-order chi connectivity index (χ1) is 8.67. The summed E-state index contributed by atoms with van der Waals surface area (Å²) >= 11 is 0. The Hall–Kier alpha value is -1.46. The highest BCUT2D eigenvalue weighted by atomic mass is 16.5. The van der Waals surface area contributed by atoms with Gasteiger partial charge in [0.15, 0.2) is 0 Å². The molecule has 0 saturated carbocycles. The van der Waals surface area contributed by atoms with Crippen molar-refractivity contribution in [1.82, 2.24) is 5.32 Å². The highest BCUT2D eigenvalue weighted by Gasteiger charge is 2.07. The van der Waals surface area contributed by atoms with Gasteiger partial charge in [-0.25, -0.2) is 0 Å². The zero-order valence-corrected chi connectivity index (χ0v) is 11.8. The fraction of sp³-hybridized carbons (Fsp3) is 0.500. The quantitative estimate of drug-likeness (QED) is 0.805. The fourth-order valence-electron chi connectivity index (χ4n) is 1.59. The van der Waals surface area contributed by atoms with Gasteiger partial charge in [-0.15, -0.1) is 0 Å². The lowest BCUT2D eigenvalue weighted by atomic mass is 10.0. The second-order valence-corrected chi connectivity index (χ2v) is 4.67. The minimum atomic E-state index is 0.257. The molecule has 0 aromatic heterocycles. The van der Waals surface area contributed by atoms with Crippen LogP contribution in [0.4, 0.5) is 0 Å². The molecular formula is C16H23NO. The average Bonchev–Trinajstić information content (AvgIpc) is 2.39. The van der Waals surface area contributed by atoms with E-state index in [0.717, 1.165) is 24.3 Å². The van der Waals surface area contributed by atoms with Gasteiger partial charge in [0.1, 0.15) is 5.75 Å². The van der Waals surface area contributed by atoms with Crippen LogP contribution in [0.1, 0.15) is 32.8 Å². The van der Waals surface area contributed by atoms with Gasteiger partial charge in [0.05, 0.1) is 13.2 Å². The van der Waals surface area contributed by atoms with E-state index in [1.807, 2.05) is 24.3 Å². The second kappa shape index (κ2) is 7.79. The zero-order valence-electron chi connectivity index (χ0n) is 11.8. The van der Waals surface area contributed by atoms with E-state index in [9.17, 15) is 0 Å². The highest BCUT2D eigenvalue weighted by molar-refractivity contribution is 5.39. The summed E-state index contributed by atoms with van der Waals surface area (Å²) in [4.78, 5) is 0. The summed E-state index contributed by atoms with van der Waals surface area (Å²) in [6, 6.07) is 8.11. The maximum Gasteiger partial charge on any atom is 0.118 e. The van der Waals surface area contributed by atoms with E-state index < -0.39 is 0 Å². The lowest BCUT2D eigenvalue weighted by molar-refractivity contribution is 0.415. The first-order valence-corrected chi connectivity index (χ1v) is 6.56. The Morgan fingerprint density at radius 2 is 1.89 bits per heavy atom. The summed E-state index contributed by atoms with van der Waals surface area (Å²) in [5, 5.41) is 3.46. The van der Waals surface area contributed by atoms with Crippen LogP contribution in [0.15, 0.2) is 24.3 Å². The number of nitrogens with one attached hydrogen (secondary N) is 1. The Balaban J connectivity index is 2.70. The molecule has 1 N–H and O–H groups in total. The largest absolute Gasteiger partial charge is 0.497 e. The Bertz CT molecular complexity index is 397. The van der Waals surface area contributed by atoms with Gasteiger partial charge in [-0.3, -0.25) is 0 Å². The minimum Gasteiger partial charge on any atom is -0.497 e. The molecule has 0 aliphatic carbocycles. The van der Waals surface area contributed by atoms with Gasteiger partial charge in [-0.1, -0.05) is 32.6 Å². The van der Waals surface area contributed by atoms with Gasteiger partial charge in [0.2, 0.25) is 0 Å². The summed E-state index contributed by atoms with van der Waals surface area (Å²) < 4.78 is 5.13. The van der Waals surface area contributed by atoms with Crippen LogP contribution in [0.3, 0.4) is 0 Å². The van der Waals surface area contributed by atoms with Crippen LogP contribution in [0.2, 0.25) is 0 Å². The van der Waals surface area contributed by atoms with Crippen molar-refractivity contribution in [2.45, 2.75) is 33.2 Å². The molecule has 0 spiro atoms. The summed E-state index contributed by atoms with van der Waals surface area (Å²) in [5.74, 6) is 7.91. The normalized spacial score (nSPS) is 11.8. The van der Waals surface area contributed by atoms with Crippen LogP contribution >= 0.6 is 0 Å². The number of hydrogen-bond acceptors (Lipinski definition) is 2. The Morgan fingerprint density at radius 3 is 2.39 bits per heavy atom. The van der Waals surface area contributed by atoms with Crippen molar-refractivity contribution in [3.63, 3.8) is 0 Å². The number of rotatable bonds is 5. The number of ether oxygens (including phenoxy) is 1. The summed E-state index contributed by atoms with van der Waals surface area (Å²) in [6.45, 7) is 7.56. The molecule has 0 saturated heterocycles. The van der Waals surface area contributed by atoms with E-state index >= 15 is 0 Å². The molecule has 2 heteroatoms. The number of benzene rings is 1. The third-order valence-corrected chi connectivity index (χ3v) is 2.74. The smallest absolute Gasteiger partial charge is 0.118 e. The van der Waals surface area contributed by atoms with E-state index in [-0.39, 0.29) is 6.04 Å². The summed E-state index contributed by atoms with van der Waals surface area (Å²) in [5.41, 5.74) is 1.03. The van der Waals surface area contributed by atoms with Gasteiger partial charge < -0.3 is 10.1 Å². The zero-order chi connectivity index (χ0) is 13.4. The molecule has 1 atom stereocenters. The molecule has 0 aliphatic rings. The van der Waals surface area contributed by atoms with Gasteiger partial charge in [0, 0.05) is 5.56 Å². The topological polar surface area (TPSA) is 21.3 Å². The van der Waals surface area contributed by atoms with Crippen LogP contribution in [0, 0.1) is 17.8 Å². The molecule has 2 nitrogen and oxygen atoms in total. The minimum absolute atomic E-state index is 0.257. The first kappa shape index (κ1) is 14.6. The predicted molar refractivity (Wildman–Crippen MR) is 76.8 cm³/mol. The van der Waals surface area contributed by atoms with Crippen LogP contribution in [-0.2, 0) is 0 Å². The Morgan fingerprint density at radius 1 is 1.22 bits per heavy atom. The van der Waals surface area contributed by atoms with Crippen molar-refractivity contribution in [3.05, 3.63) is 29.8 Å². The van der Waals surface area contributed by atoms with E-state index in [1.165, 1.54) is 0 Å². The fourth-order valence-corrected chi connectivity index (χ4v) is 1.59. The number of hydrogen-bond donors (Lipinski definition) is 1. The Kier molecular flexibility index (Phi) is 6.32. The molecule has 0 amide bonds. The van der Waals surface area contributed by atoms with Crippen molar-refractivity contribution >= 4 is 0 Å². The molecule has 0 fully saturated rings. The SMILES string of the molecule is CCCNC(C#Cc1ccc(OC)cc1)C(C)C. The summed E-state index contributed by atoms with van der Waals surface area (Å²) in [6.07, 6.45) is 1.13. The van der Waals surface area contributed by atoms with Crippen LogP contribution in [0.25, 0.3) is 0 Å². The third-order valence-electron chi connectivity index (χ3n) is 2.74. The van der Waals surface area contributed by atoms with Crippen molar-refractivity contribution in [2.24, 2.45) is 5.92 Å². The van der Waals surface area contributed by atoms with Crippen molar-refractivity contribution < 1.29 is 4.74 Å². The van der Waals surface area contributed by atoms with Crippen LogP contribution in [-0.4, -0.2) is 19.7 Å². The van der Waals surface area contributed by atoms with E-state index in [4.69, 9.17) is 4.74 Å². The van der Waals surface area contributed by atoms with Gasteiger partial charge in [-0.05, 0) is 43.1 Å². The molecular weight excluding hydrogens is 222 g/mol. The van der Waals surface area contributed by atoms with Gasteiger partial charge in [-0.2, -0.15) is 0 Å². The lowest BCUT2D eigenvalue weighted by Gasteiger charge is -2.15. The second-order valence-electron chi connectivity index (χ2n) is 4.67. The molecule has 18 heavy (non-hydrogen) atoms. The monoisotopic (exact) mass is 245 g/mol. The number of methoxy groups -OCH3 is 1. The maximum atomic E-state index is 5.13. The molecule has 1 aromatic carbocycles. The van der Waals surface area contributed by atoms with Crippen molar-refractivity contribution in [1.29, 1.82) is 0 Å². The third kappa shape index (κ3) is 4.81. The molecule has 0 aliphatic heterocycles. The molecule has 1 unspecified atom stereocenters. The van der Waals surface area contributed by atoms with Gasteiger partial charge >= 0.3 is 0 Å². The van der Waals surface area contributed by atoms with Crippen LogP contribution in [0.5, 0.6) is 5.75 Å². The predicted octanol–water partition coefficient (Wildman–Crippen LogP) is 3.07. The molecule has 98 valence electrons. The van der Waals surface area contributed by atoms with E-state index in [2.05, 4.69) is 37.9 Å². The first-order valence-electron chi connectivity index (χ1n) is 6.56. The van der Waals surface area contributed by atoms with Gasteiger partial charge in [0.25, 0.3) is 0 Å². The lowest BCUT2D eigenvalue weighted by Crippen LogP contribution is -2.32. The average molecular weight is 245 g/mol. The molecule has 1 rings (SSSR count). The Labute approximate surface area is 111 Å². The standard InChI is InChI=1S/C16H23NO/c1-5-12-17-16(13(2)3)11-8-14-6-9-15(18-4)10-7-14/h6-7,9-10,13,16-17H,5,12H2,1-4H3. The molecule has 0 heterocycles. The summed E-state index contributed by atoms with van der Waals surface area (Å²) in [7, 11) is 1.67. The molecule has 0 bridgehead atoms. The van der Waals surface area contributed by atoms with E-state index in [0.29, 0.717) is 5.92 Å². The molecule has 1 aromatic rings. The maximum absolute atomic E-state index is 5.13. The van der Waals surface area contributed by atoms with E-state index in [1.54, 1.807) is 7.11 Å². The highest BCUT2D eigenvalue weighted by Crippen LogP contribution is 2.10. The van der Waals surface area contributed by atoms with Crippen LogP contribution < -0.4 is 10.1 Å². The van der Waals surface area contributed by atoms with Crippen molar-refractivity contribution in [2.75, 3.05) is 13.7 Å². The molecule has 0 radical (unpaired) electrons. The van der Waals surface area contributed by atoms with Crippen molar-refractivity contribution in [3.8, 4) is 17.6 Å².